The fourth-order valence-corrected chi connectivity index (χ4v) is 3.78. The van der Waals surface area contributed by atoms with Crippen LogP contribution in [0.4, 0.5) is 17.5 Å². The second-order valence-electron chi connectivity index (χ2n) is 7.15. The van der Waals surface area contributed by atoms with Gasteiger partial charge in [0.2, 0.25) is 0 Å². The second-order valence-corrected chi connectivity index (χ2v) is 7.15. The Labute approximate surface area is 162 Å². The van der Waals surface area contributed by atoms with E-state index in [1.807, 2.05) is 19.1 Å². The lowest BCUT2D eigenvalue weighted by Gasteiger charge is -2.17. The van der Waals surface area contributed by atoms with Crippen LogP contribution in [0.2, 0.25) is 0 Å². The number of hydrogen-bond acceptors (Lipinski definition) is 7. The highest BCUT2D eigenvalue weighted by molar-refractivity contribution is 5.93. The molecule has 3 aromatic heterocycles. The number of hydrogen-bond donors (Lipinski definition) is 3. The van der Waals surface area contributed by atoms with Gasteiger partial charge < -0.3 is 20.3 Å². The summed E-state index contributed by atoms with van der Waals surface area (Å²) in [6.07, 6.45) is 9.44. The van der Waals surface area contributed by atoms with Gasteiger partial charge in [0.25, 0.3) is 5.56 Å². The van der Waals surface area contributed by atoms with Gasteiger partial charge >= 0.3 is 0 Å². The first-order chi connectivity index (χ1) is 13.7. The highest BCUT2D eigenvalue weighted by Gasteiger charge is 2.25. The molecule has 0 unspecified atom stereocenters. The third-order valence-electron chi connectivity index (χ3n) is 5.26. The van der Waals surface area contributed by atoms with Crippen LogP contribution in [0.5, 0.6) is 0 Å². The zero-order valence-corrected chi connectivity index (χ0v) is 15.8. The molecule has 1 aliphatic carbocycles. The molecule has 0 amide bonds. The first-order valence-corrected chi connectivity index (χ1v) is 9.62. The average Bonchev–Trinajstić information content (AvgIpc) is 3.16. The molecular formula is C20H24N6O2. The number of aliphatic hydroxyl groups is 1. The Kier molecular flexibility index (Phi) is 5.21. The summed E-state index contributed by atoms with van der Waals surface area (Å²) in [4.78, 5) is 25.9. The molecule has 0 aliphatic heterocycles. The molecule has 2 atom stereocenters. The van der Waals surface area contributed by atoms with Gasteiger partial charge in [0.05, 0.1) is 11.6 Å². The van der Waals surface area contributed by atoms with Crippen LogP contribution in [0.3, 0.4) is 0 Å². The summed E-state index contributed by atoms with van der Waals surface area (Å²) in [5.41, 5.74) is -0.0576. The molecule has 1 aliphatic rings. The lowest BCUT2D eigenvalue weighted by atomic mass is 10.1. The van der Waals surface area contributed by atoms with E-state index < -0.39 is 0 Å². The van der Waals surface area contributed by atoms with Gasteiger partial charge in [-0.2, -0.15) is 0 Å². The Hall–Kier alpha value is -3.00. The molecule has 0 spiro atoms. The Balaban J connectivity index is 1.75. The van der Waals surface area contributed by atoms with Crippen molar-refractivity contribution in [3.05, 3.63) is 47.3 Å². The van der Waals surface area contributed by atoms with Gasteiger partial charge in [-0.1, -0.05) is 0 Å². The maximum atomic E-state index is 12.9. The molecule has 8 heteroatoms. The van der Waals surface area contributed by atoms with Gasteiger partial charge in [0.15, 0.2) is 0 Å². The number of aromatic nitrogens is 4. The molecule has 0 radical (unpaired) electrons. The van der Waals surface area contributed by atoms with E-state index in [0.29, 0.717) is 35.3 Å². The van der Waals surface area contributed by atoms with E-state index in [2.05, 4.69) is 25.6 Å². The normalized spacial score (nSPS) is 19.1. The minimum absolute atomic E-state index is 0.0576. The fourth-order valence-electron chi connectivity index (χ4n) is 3.78. The van der Waals surface area contributed by atoms with Crippen molar-refractivity contribution in [2.45, 2.75) is 38.8 Å². The van der Waals surface area contributed by atoms with Gasteiger partial charge in [-0.3, -0.25) is 9.78 Å². The van der Waals surface area contributed by atoms with Crippen LogP contribution in [0.1, 0.15) is 26.2 Å². The van der Waals surface area contributed by atoms with Gasteiger partial charge in [0, 0.05) is 37.8 Å². The Morgan fingerprint density at radius 2 is 2.18 bits per heavy atom. The van der Waals surface area contributed by atoms with Gasteiger partial charge in [0.1, 0.15) is 17.5 Å². The summed E-state index contributed by atoms with van der Waals surface area (Å²) in [5.74, 6) is 2.06. The van der Waals surface area contributed by atoms with Crippen molar-refractivity contribution < 1.29 is 5.11 Å². The number of aryl methyl sites for hydroxylation is 1. The maximum absolute atomic E-state index is 12.9. The average molecular weight is 380 g/mol. The molecular weight excluding hydrogens is 356 g/mol. The molecule has 0 saturated heterocycles. The summed E-state index contributed by atoms with van der Waals surface area (Å²) in [6, 6.07) is 3.97. The molecule has 3 N–H and O–H groups in total. The summed E-state index contributed by atoms with van der Waals surface area (Å²) < 4.78 is 1.68. The molecule has 1 fully saturated rings. The molecule has 0 bridgehead atoms. The second kappa shape index (κ2) is 7.93. The van der Waals surface area contributed by atoms with Crippen molar-refractivity contribution in [2.24, 2.45) is 5.92 Å². The number of pyridine rings is 2. The highest BCUT2D eigenvalue weighted by Crippen LogP contribution is 2.30. The van der Waals surface area contributed by atoms with Crippen LogP contribution in [-0.2, 0) is 6.54 Å². The Morgan fingerprint density at radius 3 is 2.89 bits per heavy atom. The van der Waals surface area contributed by atoms with Gasteiger partial charge in [-0.25, -0.2) is 9.97 Å². The third kappa shape index (κ3) is 3.68. The fraction of sp³-hybridized carbons (Fsp3) is 0.400. The van der Waals surface area contributed by atoms with E-state index in [1.54, 1.807) is 29.4 Å². The Bertz CT molecular complexity index is 1020. The standard InChI is InChI=1S/C20H24N6O2/c1-2-26-8-5-14-10-16(24-17-11-21-6-7-22-17)25-19(18(14)20(26)28)23-15-4-3-13(9-15)12-27/h5-8,10-11,13,15,27H,2-4,9,12H2,1H3,(H2,22,23,24,25)/t13-,15+/m0/s1. The van der Waals surface area contributed by atoms with Crippen molar-refractivity contribution in [1.82, 2.24) is 19.5 Å². The monoisotopic (exact) mass is 380 g/mol. The summed E-state index contributed by atoms with van der Waals surface area (Å²) in [7, 11) is 0. The van der Waals surface area contributed by atoms with Crippen molar-refractivity contribution in [3.63, 3.8) is 0 Å². The van der Waals surface area contributed by atoms with Crippen molar-refractivity contribution >= 4 is 28.2 Å². The van der Waals surface area contributed by atoms with E-state index in [9.17, 15) is 9.90 Å². The van der Waals surface area contributed by atoms with Gasteiger partial charge in [-0.05, 0) is 49.6 Å². The number of nitrogens with zero attached hydrogens (tertiary/aromatic N) is 4. The maximum Gasteiger partial charge on any atom is 0.262 e. The molecule has 3 aromatic rings. The molecule has 28 heavy (non-hydrogen) atoms. The lowest BCUT2D eigenvalue weighted by molar-refractivity contribution is 0.229. The van der Waals surface area contributed by atoms with Gasteiger partial charge in [-0.15, -0.1) is 0 Å². The lowest BCUT2D eigenvalue weighted by Crippen LogP contribution is -2.23. The SMILES string of the molecule is CCn1ccc2cc(Nc3cnccn3)nc(N[C@@H]3CC[C@H](CO)C3)c2c1=O. The highest BCUT2D eigenvalue weighted by atomic mass is 16.3. The number of nitrogens with one attached hydrogen (secondary N) is 2. The third-order valence-corrected chi connectivity index (χ3v) is 5.26. The number of aliphatic hydroxyl groups excluding tert-OH is 1. The molecule has 1 saturated carbocycles. The Morgan fingerprint density at radius 1 is 1.29 bits per heavy atom. The minimum atomic E-state index is -0.0576. The van der Waals surface area contributed by atoms with E-state index in [0.717, 1.165) is 24.6 Å². The molecule has 0 aromatic carbocycles. The summed E-state index contributed by atoms with van der Waals surface area (Å²) in [5, 5.41) is 17.4. The van der Waals surface area contributed by atoms with Crippen LogP contribution in [-0.4, -0.2) is 37.3 Å². The van der Waals surface area contributed by atoms with Crippen LogP contribution < -0.4 is 16.2 Å². The van der Waals surface area contributed by atoms with Crippen LogP contribution in [0, 0.1) is 5.92 Å². The molecule has 146 valence electrons. The van der Waals surface area contributed by atoms with Crippen LogP contribution >= 0.6 is 0 Å². The van der Waals surface area contributed by atoms with E-state index in [-0.39, 0.29) is 18.2 Å². The predicted octanol–water partition coefficient (Wildman–Crippen LogP) is 2.52. The van der Waals surface area contributed by atoms with Crippen LogP contribution in [0.15, 0.2) is 41.7 Å². The van der Waals surface area contributed by atoms with E-state index in [4.69, 9.17) is 0 Å². The quantitative estimate of drug-likeness (QED) is 0.603. The molecule has 4 rings (SSSR count). The number of anilines is 3. The van der Waals surface area contributed by atoms with Crippen molar-refractivity contribution in [3.8, 4) is 0 Å². The topological polar surface area (TPSA) is 105 Å². The number of fused-ring (bicyclic) bond motifs is 1. The van der Waals surface area contributed by atoms with Crippen LogP contribution in [0.25, 0.3) is 10.8 Å². The summed E-state index contributed by atoms with van der Waals surface area (Å²) >= 11 is 0. The first-order valence-electron chi connectivity index (χ1n) is 9.62. The first kappa shape index (κ1) is 18.4. The van der Waals surface area contributed by atoms with E-state index >= 15 is 0 Å². The number of rotatable bonds is 6. The smallest absolute Gasteiger partial charge is 0.262 e. The predicted molar refractivity (Wildman–Crippen MR) is 109 cm³/mol. The summed E-state index contributed by atoms with van der Waals surface area (Å²) in [6.45, 7) is 2.74. The zero-order valence-electron chi connectivity index (χ0n) is 15.8. The molecule has 3 heterocycles. The zero-order chi connectivity index (χ0) is 19.5. The van der Waals surface area contributed by atoms with E-state index in [1.165, 1.54) is 0 Å². The largest absolute Gasteiger partial charge is 0.396 e. The van der Waals surface area contributed by atoms with Crippen molar-refractivity contribution in [2.75, 3.05) is 17.2 Å². The van der Waals surface area contributed by atoms with Crippen molar-refractivity contribution in [1.29, 1.82) is 0 Å². The minimum Gasteiger partial charge on any atom is -0.396 e. The molecule has 8 nitrogen and oxygen atoms in total.